The van der Waals surface area contributed by atoms with Crippen molar-refractivity contribution in [3.63, 3.8) is 0 Å². The zero-order valence-corrected chi connectivity index (χ0v) is 14.2. The fourth-order valence-corrected chi connectivity index (χ4v) is 3.31. The summed E-state index contributed by atoms with van der Waals surface area (Å²) in [6.45, 7) is 0. The van der Waals surface area contributed by atoms with Crippen molar-refractivity contribution >= 4 is 23.4 Å². The summed E-state index contributed by atoms with van der Waals surface area (Å²) in [7, 11) is 0. The second-order valence-electron chi connectivity index (χ2n) is 5.29. The summed E-state index contributed by atoms with van der Waals surface area (Å²) in [6.07, 6.45) is 0. The number of amides is 1. The third-order valence-corrected chi connectivity index (χ3v) is 4.69. The van der Waals surface area contributed by atoms with Crippen molar-refractivity contribution in [2.24, 2.45) is 0 Å². The van der Waals surface area contributed by atoms with E-state index in [-0.39, 0.29) is 5.69 Å². The number of carbonyl (C=O) groups excluding carboxylic acids is 1. The first kappa shape index (κ1) is 17.6. The molecule has 0 heterocycles. The molecule has 26 heavy (non-hydrogen) atoms. The molecule has 0 spiro atoms. The molecule has 0 aliphatic heterocycles. The Morgan fingerprint density at radius 2 is 1.62 bits per heavy atom. The smallest absolute Gasteiger partial charge is 0.256 e. The lowest BCUT2D eigenvalue weighted by Crippen LogP contribution is -2.13. The average Bonchev–Trinajstić information content (AvgIpc) is 2.65. The summed E-state index contributed by atoms with van der Waals surface area (Å²) in [5.41, 5.74) is 1.04. The van der Waals surface area contributed by atoms with Crippen LogP contribution >= 0.6 is 11.8 Å². The van der Waals surface area contributed by atoms with Crippen LogP contribution in [0.3, 0.4) is 0 Å². The fourth-order valence-electron chi connectivity index (χ4n) is 2.28. The predicted molar refractivity (Wildman–Crippen MR) is 96.0 cm³/mol. The van der Waals surface area contributed by atoms with Crippen molar-refractivity contribution in [2.75, 3.05) is 5.32 Å². The molecule has 0 unspecified atom stereocenters. The zero-order chi connectivity index (χ0) is 18.5. The summed E-state index contributed by atoms with van der Waals surface area (Å²) < 4.78 is 26.3. The first-order valence-corrected chi connectivity index (χ1v) is 8.42. The first-order valence-electron chi connectivity index (χ1n) is 7.61. The topological polar surface area (TPSA) is 52.9 Å². The lowest BCUT2D eigenvalue weighted by molar-refractivity contribution is 0.102. The Kier molecular flexibility index (Phi) is 5.30. The van der Waals surface area contributed by atoms with E-state index < -0.39 is 17.5 Å². The Hall–Kier alpha value is -3.17. The minimum atomic E-state index is -1.03. The molecule has 3 rings (SSSR count). The van der Waals surface area contributed by atoms with Gasteiger partial charge < -0.3 is 5.32 Å². The maximum Gasteiger partial charge on any atom is 0.256 e. The maximum atomic E-state index is 13.3. The molecule has 0 atom stereocenters. The maximum absolute atomic E-state index is 13.3. The number of rotatable bonds is 4. The van der Waals surface area contributed by atoms with E-state index in [0.717, 1.165) is 17.0 Å². The summed E-state index contributed by atoms with van der Waals surface area (Å²) in [4.78, 5) is 13.9. The first-order chi connectivity index (χ1) is 12.6. The summed E-state index contributed by atoms with van der Waals surface area (Å²) >= 11 is 1.29. The lowest BCUT2D eigenvalue weighted by Gasteiger charge is -2.11. The van der Waals surface area contributed by atoms with Crippen LogP contribution < -0.4 is 5.32 Å². The molecule has 1 N–H and O–H groups in total. The number of carbonyl (C=O) groups is 1. The van der Waals surface area contributed by atoms with E-state index in [0.29, 0.717) is 16.0 Å². The Balaban J connectivity index is 1.88. The number of halogens is 2. The van der Waals surface area contributed by atoms with Crippen LogP contribution in [0.4, 0.5) is 14.5 Å². The van der Waals surface area contributed by atoms with Crippen LogP contribution in [-0.4, -0.2) is 5.91 Å². The van der Waals surface area contributed by atoms with Crippen molar-refractivity contribution in [2.45, 2.75) is 9.79 Å². The molecule has 0 aliphatic rings. The van der Waals surface area contributed by atoms with Gasteiger partial charge in [-0.1, -0.05) is 36.0 Å². The van der Waals surface area contributed by atoms with Gasteiger partial charge >= 0.3 is 0 Å². The van der Waals surface area contributed by atoms with Crippen molar-refractivity contribution in [3.05, 3.63) is 89.5 Å². The van der Waals surface area contributed by atoms with Gasteiger partial charge in [0.15, 0.2) is 11.6 Å². The quantitative estimate of drug-likeness (QED) is 0.687. The Bertz CT molecular complexity index is 1010. The van der Waals surface area contributed by atoms with E-state index in [9.17, 15) is 18.8 Å². The number of anilines is 1. The molecule has 0 radical (unpaired) electrons. The Morgan fingerprint density at radius 1 is 0.923 bits per heavy atom. The van der Waals surface area contributed by atoms with Crippen LogP contribution in [0.5, 0.6) is 0 Å². The molecule has 0 fully saturated rings. The molecule has 6 heteroatoms. The van der Waals surface area contributed by atoms with Crippen LogP contribution in [0.15, 0.2) is 76.5 Å². The molecule has 1 amide bonds. The number of nitrogens with one attached hydrogen (secondary N) is 1. The van der Waals surface area contributed by atoms with Gasteiger partial charge in [0.05, 0.1) is 11.1 Å². The molecule has 0 aromatic heterocycles. The van der Waals surface area contributed by atoms with Gasteiger partial charge in [0.2, 0.25) is 0 Å². The predicted octanol–water partition coefficient (Wildman–Crippen LogP) is 5.24. The van der Waals surface area contributed by atoms with Gasteiger partial charge in [0.25, 0.3) is 5.91 Å². The Morgan fingerprint density at radius 3 is 2.35 bits per heavy atom. The molecular weight excluding hydrogens is 354 g/mol. The van der Waals surface area contributed by atoms with Gasteiger partial charge in [-0.05, 0) is 36.4 Å². The van der Waals surface area contributed by atoms with Gasteiger partial charge in [0, 0.05) is 21.5 Å². The Labute approximate surface area is 153 Å². The van der Waals surface area contributed by atoms with E-state index in [4.69, 9.17) is 0 Å². The molecule has 3 aromatic carbocycles. The van der Waals surface area contributed by atoms with Crippen LogP contribution in [0.25, 0.3) is 0 Å². The highest BCUT2D eigenvalue weighted by molar-refractivity contribution is 7.99. The number of nitrogens with zero attached hydrogens (tertiary/aromatic N) is 1. The number of hydrogen-bond donors (Lipinski definition) is 1. The second kappa shape index (κ2) is 7.81. The van der Waals surface area contributed by atoms with Gasteiger partial charge in [-0.3, -0.25) is 4.79 Å². The minimum absolute atomic E-state index is 0.158. The van der Waals surface area contributed by atoms with Gasteiger partial charge in [-0.2, -0.15) is 5.26 Å². The molecule has 0 saturated carbocycles. The average molecular weight is 366 g/mol. The molecule has 3 nitrogen and oxygen atoms in total. The highest BCUT2D eigenvalue weighted by Crippen LogP contribution is 2.33. The van der Waals surface area contributed by atoms with Crippen LogP contribution in [0.2, 0.25) is 0 Å². The third kappa shape index (κ3) is 3.90. The van der Waals surface area contributed by atoms with Crippen molar-refractivity contribution < 1.29 is 13.6 Å². The minimum Gasteiger partial charge on any atom is -0.322 e. The standard InChI is InChI=1S/C20H12F2N2OS/c21-16-10-9-14(11-17(16)22)24-20(25)15-6-2-4-8-19(15)26-18-7-3-1-5-13(18)12-23/h1-11H,(H,24,25). The third-order valence-electron chi connectivity index (χ3n) is 3.54. The van der Waals surface area contributed by atoms with Crippen LogP contribution in [0.1, 0.15) is 15.9 Å². The monoisotopic (exact) mass is 366 g/mol. The van der Waals surface area contributed by atoms with Gasteiger partial charge in [0.1, 0.15) is 6.07 Å². The number of nitriles is 1. The molecule has 0 aliphatic carbocycles. The lowest BCUT2D eigenvalue weighted by atomic mass is 10.2. The molecule has 3 aromatic rings. The molecule has 128 valence electrons. The van der Waals surface area contributed by atoms with Crippen molar-refractivity contribution in [1.82, 2.24) is 0 Å². The molecule has 0 saturated heterocycles. The summed E-state index contributed by atoms with van der Waals surface area (Å²) in [6, 6.07) is 19.3. The highest BCUT2D eigenvalue weighted by Gasteiger charge is 2.14. The SMILES string of the molecule is N#Cc1ccccc1Sc1ccccc1C(=O)Nc1ccc(F)c(F)c1. The van der Waals surface area contributed by atoms with E-state index >= 15 is 0 Å². The van der Waals surface area contributed by atoms with E-state index in [1.165, 1.54) is 17.8 Å². The summed E-state index contributed by atoms with van der Waals surface area (Å²) in [5, 5.41) is 11.8. The van der Waals surface area contributed by atoms with E-state index in [2.05, 4.69) is 11.4 Å². The number of benzene rings is 3. The van der Waals surface area contributed by atoms with Crippen molar-refractivity contribution in [1.29, 1.82) is 5.26 Å². The molecular formula is C20H12F2N2OS. The van der Waals surface area contributed by atoms with Gasteiger partial charge in [-0.25, -0.2) is 8.78 Å². The van der Waals surface area contributed by atoms with E-state index in [1.54, 1.807) is 42.5 Å². The van der Waals surface area contributed by atoms with Crippen LogP contribution in [0, 0.1) is 23.0 Å². The highest BCUT2D eigenvalue weighted by atomic mass is 32.2. The zero-order valence-electron chi connectivity index (χ0n) is 13.4. The largest absolute Gasteiger partial charge is 0.322 e. The molecule has 0 bridgehead atoms. The van der Waals surface area contributed by atoms with Crippen molar-refractivity contribution in [3.8, 4) is 6.07 Å². The summed E-state index contributed by atoms with van der Waals surface area (Å²) in [5.74, 6) is -2.46. The second-order valence-corrected chi connectivity index (χ2v) is 6.37. The van der Waals surface area contributed by atoms with E-state index in [1.807, 2.05) is 6.07 Å². The fraction of sp³-hybridized carbons (Fsp3) is 0. The van der Waals surface area contributed by atoms with Crippen LogP contribution in [-0.2, 0) is 0 Å². The number of hydrogen-bond acceptors (Lipinski definition) is 3. The van der Waals surface area contributed by atoms with Gasteiger partial charge in [-0.15, -0.1) is 0 Å². The normalized spacial score (nSPS) is 10.2.